The van der Waals surface area contributed by atoms with Crippen molar-refractivity contribution in [2.24, 2.45) is 0 Å². The van der Waals surface area contributed by atoms with E-state index < -0.39 is 11.7 Å². The van der Waals surface area contributed by atoms with Crippen molar-refractivity contribution >= 4 is 23.3 Å². The number of nitrogens with zero attached hydrogens (tertiary/aromatic N) is 3. The highest BCUT2D eigenvalue weighted by molar-refractivity contribution is 7.09. The van der Waals surface area contributed by atoms with Crippen LogP contribution in [0.25, 0.3) is 0 Å². The van der Waals surface area contributed by atoms with Crippen LogP contribution in [0.1, 0.15) is 49.9 Å². The lowest BCUT2D eigenvalue weighted by atomic mass is 10.0. The van der Waals surface area contributed by atoms with Crippen LogP contribution in [0.3, 0.4) is 0 Å². The number of hydrogen-bond donors (Lipinski definition) is 1. The van der Waals surface area contributed by atoms with E-state index in [2.05, 4.69) is 15.5 Å². The van der Waals surface area contributed by atoms with Crippen molar-refractivity contribution in [3.05, 3.63) is 45.9 Å². The maximum Gasteiger partial charge on any atom is 0.407 e. The molecule has 0 bridgehead atoms. The van der Waals surface area contributed by atoms with E-state index in [1.54, 1.807) is 24.4 Å². The lowest BCUT2D eigenvalue weighted by Gasteiger charge is -2.25. The fraction of sp³-hybridized carbons (Fsp3) is 0.474. The molecule has 7 nitrogen and oxygen atoms in total. The highest BCUT2D eigenvalue weighted by atomic mass is 32.1. The van der Waals surface area contributed by atoms with Crippen LogP contribution in [0.4, 0.5) is 4.79 Å². The van der Waals surface area contributed by atoms with Gasteiger partial charge in [0.25, 0.3) is 0 Å². The van der Waals surface area contributed by atoms with Crippen molar-refractivity contribution in [2.75, 3.05) is 7.05 Å². The Morgan fingerprint density at radius 1 is 1.22 bits per heavy atom. The first kappa shape index (κ1) is 20.8. The number of ether oxygens (including phenoxy) is 1. The lowest BCUT2D eigenvalue weighted by Crippen LogP contribution is -2.32. The Kier molecular flexibility index (Phi) is 6.90. The van der Waals surface area contributed by atoms with Gasteiger partial charge in [0.1, 0.15) is 16.1 Å². The van der Waals surface area contributed by atoms with Gasteiger partial charge in [-0.1, -0.05) is 24.3 Å². The first-order chi connectivity index (χ1) is 12.7. The quantitative estimate of drug-likeness (QED) is 0.818. The van der Waals surface area contributed by atoms with Crippen LogP contribution >= 0.6 is 11.3 Å². The number of carbonyl (C=O) groups is 2. The smallest absolute Gasteiger partial charge is 0.407 e. The Labute approximate surface area is 163 Å². The third-order valence-corrected chi connectivity index (χ3v) is 4.71. The summed E-state index contributed by atoms with van der Waals surface area (Å²) in [7, 11) is 1.77. The summed E-state index contributed by atoms with van der Waals surface area (Å²) in [5.41, 5.74) is 3.19. The summed E-state index contributed by atoms with van der Waals surface area (Å²) < 4.78 is 5.23. The first-order valence-corrected chi connectivity index (χ1v) is 9.58. The normalized spacial score (nSPS) is 12.3. The Bertz CT molecular complexity index is 754. The second-order valence-electron chi connectivity index (χ2n) is 7.30. The largest absolute Gasteiger partial charge is 0.444 e. The predicted molar refractivity (Wildman–Crippen MR) is 104 cm³/mol. The number of nitrogens with one attached hydrogen (secondary N) is 1. The molecule has 2 amide bonds. The summed E-state index contributed by atoms with van der Waals surface area (Å²) in [6.07, 6.45) is 0.205. The summed E-state index contributed by atoms with van der Waals surface area (Å²) in [5, 5.41) is 11.6. The molecule has 2 aromatic rings. The highest BCUT2D eigenvalue weighted by Crippen LogP contribution is 2.25. The number of rotatable bonds is 6. The summed E-state index contributed by atoms with van der Waals surface area (Å²) in [5.74, 6) is -0.0200. The summed E-state index contributed by atoms with van der Waals surface area (Å²) in [4.78, 5) is 25.2. The third kappa shape index (κ3) is 6.63. The number of likely N-dealkylation sites (N-methyl/N-ethyl adjacent to an activating group) is 1. The van der Waals surface area contributed by atoms with Crippen LogP contribution in [0.5, 0.6) is 0 Å². The van der Waals surface area contributed by atoms with Gasteiger partial charge in [-0.3, -0.25) is 4.79 Å². The molecule has 27 heavy (non-hydrogen) atoms. The number of carbonyl (C=O) groups excluding carboxylic acids is 2. The second-order valence-corrected chi connectivity index (χ2v) is 8.16. The minimum atomic E-state index is -0.517. The Morgan fingerprint density at radius 3 is 2.37 bits per heavy atom. The molecule has 0 fully saturated rings. The van der Waals surface area contributed by atoms with Crippen LogP contribution in [0.2, 0.25) is 0 Å². The number of alkyl carbamates (subject to hydrolysis) is 1. The van der Waals surface area contributed by atoms with Gasteiger partial charge >= 0.3 is 6.09 Å². The van der Waals surface area contributed by atoms with Gasteiger partial charge in [0.05, 0.1) is 6.04 Å². The molecule has 0 saturated heterocycles. The van der Waals surface area contributed by atoms with Crippen LogP contribution in [0.15, 0.2) is 29.8 Å². The van der Waals surface area contributed by atoms with Crippen LogP contribution in [0, 0.1) is 0 Å². The summed E-state index contributed by atoms with van der Waals surface area (Å²) >= 11 is 1.44. The molecular weight excluding hydrogens is 364 g/mol. The molecule has 0 spiro atoms. The minimum Gasteiger partial charge on any atom is -0.444 e. The van der Waals surface area contributed by atoms with Crippen molar-refractivity contribution in [1.82, 2.24) is 20.4 Å². The van der Waals surface area contributed by atoms with Gasteiger partial charge in [-0.05, 0) is 38.3 Å². The molecular formula is C19H26N4O3S. The third-order valence-electron chi connectivity index (χ3n) is 3.91. The molecule has 146 valence electrons. The van der Waals surface area contributed by atoms with Gasteiger partial charge in [0.2, 0.25) is 5.91 Å². The van der Waals surface area contributed by atoms with Crippen molar-refractivity contribution < 1.29 is 14.3 Å². The molecule has 0 aliphatic carbocycles. The van der Waals surface area contributed by atoms with Gasteiger partial charge in [-0.25, -0.2) is 4.79 Å². The molecule has 1 heterocycles. The van der Waals surface area contributed by atoms with E-state index in [0.717, 1.165) is 16.1 Å². The van der Waals surface area contributed by atoms with Crippen LogP contribution < -0.4 is 5.32 Å². The zero-order valence-corrected chi connectivity index (χ0v) is 17.2. The van der Waals surface area contributed by atoms with Crippen LogP contribution in [-0.4, -0.2) is 39.7 Å². The topological polar surface area (TPSA) is 84.4 Å². The second kappa shape index (κ2) is 8.94. The maximum atomic E-state index is 11.8. The van der Waals surface area contributed by atoms with Crippen molar-refractivity contribution in [3.63, 3.8) is 0 Å². The number of benzene rings is 1. The monoisotopic (exact) mass is 390 g/mol. The molecule has 0 radical (unpaired) electrons. The zero-order chi connectivity index (χ0) is 20.0. The highest BCUT2D eigenvalue weighted by Gasteiger charge is 2.22. The Balaban J connectivity index is 1.99. The molecule has 2 rings (SSSR count). The molecule has 1 atom stereocenters. The molecule has 0 aliphatic rings. The molecule has 1 N–H and O–H groups in total. The van der Waals surface area contributed by atoms with E-state index in [0.29, 0.717) is 13.0 Å². The number of hydrogen-bond acceptors (Lipinski definition) is 6. The van der Waals surface area contributed by atoms with Crippen LogP contribution in [-0.2, 0) is 22.5 Å². The summed E-state index contributed by atoms with van der Waals surface area (Å²) in [6.45, 7) is 7.41. The van der Waals surface area contributed by atoms with E-state index in [1.807, 2.05) is 45.0 Å². The molecule has 1 aromatic heterocycles. The number of aromatic nitrogens is 2. The van der Waals surface area contributed by atoms with E-state index >= 15 is 0 Å². The average Bonchev–Trinajstić information content (AvgIpc) is 3.11. The first-order valence-electron chi connectivity index (χ1n) is 8.70. The molecule has 8 heteroatoms. The van der Waals surface area contributed by atoms with Gasteiger partial charge < -0.3 is 15.0 Å². The molecule has 1 aromatic carbocycles. The van der Waals surface area contributed by atoms with E-state index in [-0.39, 0.29) is 11.9 Å². The van der Waals surface area contributed by atoms with Gasteiger partial charge in [0.15, 0.2) is 0 Å². The predicted octanol–water partition coefficient (Wildman–Crippen LogP) is 3.32. The maximum absolute atomic E-state index is 11.8. The van der Waals surface area contributed by atoms with Gasteiger partial charge in [-0.15, -0.1) is 21.5 Å². The van der Waals surface area contributed by atoms with Gasteiger partial charge in [0, 0.05) is 20.5 Å². The molecule has 0 aliphatic heterocycles. The van der Waals surface area contributed by atoms with E-state index in [9.17, 15) is 9.59 Å². The number of amides is 2. The fourth-order valence-electron chi connectivity index (χ4n) is 2.44. The van der Waals surface area contributed by atoms with E-state index in [1.165, 1.54) is 11.3 Å². The van der Waals surface area contributed by atoms with Crippen molar-refractivity contribution in [1.29, 1.82) is 0 Å². The fourth-order valence-corrected chi connectivity index (χ4v) is 3.14. The van der Waals surface area contributed by atoms with E-state index in [4.69, 9.17) is 4.74 Å². The zero-order valence-electron chi connectivity index (χ0n) is 16.4. The van der Waals surface area contributed by atoms with Gasteiger partial charge in [-0.2, -0.15) is 0 Å². The SMILES string of the molecule is CC(=O)N(C)C(Cc1ccc(CNC(=O)OC(C)(C)C)cc1)c1nncs1. The lowest BCUT2D eigenvalue weighted by molar-refractivity contribution is -0.129. The standard InChI is InChI=1S/C19H26N4O3S/c1-13(24)23(5)16(17-22-21-12-27-17)10-14-6-8-15(9-7-14)11-20-18(25)26-19(2,3)4/h6-9,12,16H,10-11H2,1-5H3,(H,20,25). The molecule has 0 saturated carbocycles. The van der Waals surface area contributed by atoms with Crippen molar-refractivity contribution in [3.8, 4) is 0 Å². The van der Waals surface area contributed by atoms with Crippen molar-refractivity contribution in [2.45, 2.75) is 52.3 Å². The summed E-state index contributed by atoms with van der Waals surface area (Å²) in [6, 6.07) is 7.75. The Morgan fingerprint density at radius 2 is 1.85 bits per heavy atom. The average molecular weight is 391 g/mol. The molecule has 1 unspecified atom stereocenters. The Hall–Kier alpha value is -2.48. The minimum absolute atomic E-state index is 0.0200.